The molecule has 0 aromatic carbocycles. The van der Waals surface area contributed by atoms with E-state index in [0.717, 1.165) is 0 Å². The third kappa shape index (κ3) is 4.55. The summed E-state index contributed by atoms with van der Waals surface area (Å²) in [5, 5.41) is 7.80. The first-order valence-electron chi connectivity index (χ1n) is 7.71. The van der Waals surface area contributed by atoms with Gasteiger partial charge in [-0.2, -0.15) is 8.42 Å². The first kappa shape index (κ1) is 19.6. The Bertz CT molecular complexity index is 1030. The highest BCUT2D eigenvalue weighted by molar-refractivity contribution is 7.91. The van der Waals surface area contributed by atoms with Crippen molar-refractivity contribution < 1.29 is 27.3 Å². The first-order valence-corrected chi connectivity index (χ1v) is 10.1. The molecule has 4 amide bonds. The van der Waals surface area contributed by atoms with E-state index in [4.69, 9.17) is 10.3 Å². The molecule has 1 aliphatic rings. The number of urea groups is 1. The van der Waals surface area contributed by atoms with Crippen LogP contribution in [-0.2, 0) is 26.2 Å². The average molecular weight is 429 g/mol. The summed E-state index contributed by atoms with van der Waals surface area (Å²) in [4.78, 5) is 40.5. The third-order valence-corrected chi connectivity index (χ3v) is 5.15. The summed E-state index contributed by atoms with van der Waals surface area (Å²) >= 11 is 1.18. The van der Waals surface area contributed by atoms with E-state index in [0.29, 0.717) is 21.5 Å². The number of hydrogen-bond acceptors (Lipinski definition) is 10. The van der Waals surface area contributed by atoms with Crippen LogP contribution in [-0.4, -0.2) is 53.9 Å². The second kappa shape index (κ2) is 7.43. The van der Waals surface area contributed by atoms with Crippen LogP contribution in [0.1, 0.15) is 11.5 Å². The van der Waals surface area contributed by atoms with Gasteiger partial charge in [-0.25, -0.2) is 19.2 Å². The van der Waals surface area contributed by atoms with Gasteiger partial charge in [0.25, 0.3) is 5.91 Å². The Morgan fingerprint density at radius 3 is 2.79 bits per heavy atom. The number of likely N-dealkylation sites (tertiary alicyclic amines) is 1. The Morgan fingerprint density at radius 2 is 2.21 bits per heavy atom. The number of aryl methyl sites for hydroxylation is 1. The van der Waals surface area contributed by atoms with Crippen molar-refractivity contribution in [2.45, 2.75) is 19.4 Å². The number of aromatic nitrogens is 2. The Morgan fingerprint density at radius 1 is 1.46 bits per heavy atom. The van der Waals surface area contributed by atoms with Gasteiger partial charge in [-0.05, 0) is 6.92 Å². The maximum atomic E-state index is 12.0. The summed E-state index contributed by atoms with van der Waals surface area (Å²) in [6, 6.07) is -0.779. The fourth-order valence-corrected chi connectivity index (χ4v) is 3.60. The van der Waals surface area contributed by atoms with E-state index >= 15 is 0 Å². The minimum atomic E-state index is -4.32. The number of imide groups is 1. The van der Waals surface area contributed by atoms with Crippen LogP contribution in [0.25, 0.3) is 0 Å². The lowest BCUT2D eigenvalue weighted by Crippen LogP contribution is -2.67. The summed E-state index contributed by atoms with van der Waals surface area (Å²) in [6.07, 6.45) is -0.0703. The highest BCUT2D eigenvalue weighted by Gasteiger charge is 2.42. The van der Waals surface area contributed by atoms with Gasteiger partial charge >= 0.3 is 16.2 Å². The zero-order valence-corrected chi connectivity index (χ0v) is 16.0. The molecular weight excluding hydrogens is 414 g/mol. The topological polar surface area (TPSA) is 190 Å². The molecule has 1 fully saturated rings. The van der Waals surface area contributed by atoms with E-state index < -0.39 is 34.1 Å². The fourth-order valence-electron chi connectivity index (χ4n) is 2.28. The Hall–Kier alpha value is -3.20. The molecule has 0 saturated carbocycles. The SMILES string of the molecule is Cc1cc(NS(=O)(=O)NC(=O)N2C[C@H](NC(=O)Cc3csc(N)n3)C2=O)no1. The molecule has 2 aromatic heterocycles. The van der Waals surface area contributed by atoms with E-state index in [2.05, 4.69) is 15.5 Å². The number of nitrogens with zero attached hydrogens (tertiary/aromatic N) is 3. The summed E-state index contributed by atoms with van der Waals surface area (Å²) < 4.78 is 32.1. The number of β-lactam (4-membered cyclic amide) rings is 1. The highest BCUT2D eigenvalue weighted by atomic mass is 32.2. The maximum Gasteiger partial charge on any atom is 0.339 e. The van der Waals surface area contributed by atoms with Crippen LogP contribution < -0.4 is 20.5 Å². The monoisotopic (exact) mass is 429 g/mol. The zero-order chi connectivity index (χ0) is 20.5. The van der Waals surface area contributed by atoms with Crippen LogP contribution in [0.5, 0.6) is 0 Å². The number of thiazole rings is 1. The number of nitrogens with one attached hydrogen (secondary N) is 3. The van der Waals surface area contributed by atoms with Crippen molar-refractivity contribution in [3.8, 4) is 0 Å². The number of rotatable bonds is 6. The molecule has 0 aliphatic carbocycles. The number of anilines is 2. The number of nitrogens with two attached hydrogens (primary N) is 1. The van der Waals surface area contributed by atoms with E-state index in [-0.39, 0.29) is 18.8 Å². The number of carbonyl (C=O) groups is 3. The van der Waals surface area contributed by atoms with E-state index in [1.54, 1.807) is 17.0 Å². The van der Waals surface area contributed by atoms with Crippen LogP contribution in [0.4, 0.5) is 15.7 Å². The molecule has 2 aromatic rings. The largest absolute Gasteiger partial charge is 0.375 e. The molecule has 13 nitrogen and oxygen atoms in total. The van der Waals surface area contributed by atoms with Gasteiger partial charge in [-0.3, -0.25) is 14.5 Å². The van der Waals surface area contributed by atoms with Crippen molar-refractivity contribution >= 4 is 50.3 Å². The minimum absolute atomic E-state index is 0.0703. The van der Waals surface area contributed by atoms with Crippen molar-refractivity contribution in [2.24, 2.45) is 0 Å². The van der Waals surface area contributed by atoms with Gasteiger partial charge in [-0.1, -0.05) is 5.16 Å². The molecule has 0 unspecified atom stereocenters. The van der Waals surface area contributed by atoms with Crippen LogP contribution in [0, 0.1) is 6.92 Å². The van der Waals surface area contributed by atoms with Gasteiger partial charge in [0.1, 0.15) is 11.8 Å². The Labute approximate surface area is 162 Å². The van der Waals surface area contributed by atoms with Crippen molar-refractivity contribution in [2.75, 3.05) is 17.0 Å². The Balaban J connectivity index is 1.48. The predicted molar refractivity (Wildman–Crippen MR) is 96.2 cm³/mol. The molecule has 3 heterocycles. The van der Waals surface area contributed by atoms with E-state index in [1.165, 1.54) is 17.4 Å². The third-order valence-electron chi connectivity index (χ3n) is 3.51. The van der Waals surface area contributed by atoms with Crippen LogP contribution in [0.3, 0.4) is 0 Å². The molecule has 1 saturated heterocycles. The van der Waals surface area contributed by atoms with Crippen molar-refractivity contribution in [3.05, 3.63) is 22.9 Å². The lowest BCUT2D eigenvalue weighted by molar-refractivity contribution is -0.142. The smallest absolute Gasteiger partial charge is 0.339 e. The number of amides is 4. The van der Waals surface area contributed by atoms with Crippen molar-refractivity contribution in [3.63, 3.8) is 0 Å². The molecule has 3 rings (SSSR count). The summed E-state index contributed by atoms with van der Waals surface area (Å²) in [5.41, 5.74) is 5.93. The van der Waals surface area contributed by atoms with Gasteiger partial charge < -0.3 is 15.6 Å². The predicted octanol–water partition coefficient (Wildman–Crippen LogP) is -1.04. The molecule has 1 atom stereocenters. The van der Waals surface area contributed by atoms with E-state index in [1.807, 2.05) is 4.72 Å². The number of carbonyl (C=O) groups excluding carboxylic acids is 3. The van der Waals surface area contributed by atoms with Gasteiger partial charge in [0, 0.05) is 11.4 Å². The van der Waals surface area contributed by atoms with Crippen LogP contribution >= 0.6 is 11.3 Å². The maximum absolute atomic E-state index is 12.0. The lowest BCUT2D eigenvalue weighted by atomic mass is 10.1. The lowest BCUT2D eigenvalue weighted by Gasteiger charge is -2.36. The average Bonchev–Trinajstić information content (AvgIpc) is 3.17. The first-order chi connectivity index (χ1) is 13.1. The molecule has 150 valence electrons. The minimum Gasteiger partial charge on any atom is -0.375 e. The molecule has 15 heteroatoms. The second-order valence-electron chi connectivity index (χ2n) is 5.76. The number of nitrogen functional groups attached to an aromatic ring is 1. The highest BCUT2D eigenvalue weighted by Crippen LogP contribution is 2.14. The van der Waals surface area contributed by atoms with E-state index in [9.17, 15) is 22.8 Å². The summed E-state index contributed by atoms with van der Waals surface area (Å²) in [7, 11) is -4.32. The van der Waals surface area contributed by atoms with Gasteiger partial charge in [-0.15, -0.1) is 11.3 Å². The standard InChI is InChI=1S/C13H15N7O6S2/c1-6-2-9(17-26-6)18-28(24,25)19-13(23)20-4-8(11(20)22)16-10(21)3-7-5-27-12(14)15-7/h2,5,8H,3-4H2,1H3,(H2,14,15)(H,16,21)(H,17,18)(H,19,23)/t8-/m0/s1. The van der Waals surface area contributed by atoms with Gasteiger partial charge in [0.15, 0.2) is 10.9 Å². The fraction of sp³-hybridized carbons (Fsp3) is 0.308. The molecule has 0 spiro atoms. The summed E-state index contributed by atoms with van der Waals surface area (Å²) in [5.74, 6) is -0.975. The van der Waals surface area contributed by atoms with Crippen molar-refractivity contribution in [1.82, 2.24) is 25.1 Å². The molecule has 1 aliphatic heterocycles. The molecule has 28 heavy (non-hydrogen) atoms. The van der Waals surface area contributed by atoms with Gasteiger partial charge in [0.2, 0.25) is 5.91 Å². The van der Waals surface area contributed by atoms with Crippen molar-refractivity contribution in [1.29, 1.82) is 0 Å². The van der Waals surface area contributed by atoms with Crippen LogP contribution in [0.2, 0.25) is 0 Å². The molecule has 0 bridgehead atoms. The quantitative estimate of drug-likeness (QED) is 0.415. The number of hydrogen-bond donors (Lipinski definition) is 4. The summed E-state index contributed by atoms with van der Waals surface area (Å²) in [6.45, 7) is 1.38. The van der Waals surface area contributed by atoms with Crippen LogP contribution in [0.15, 0.2) is 16.0 Å². The second-order valence-corrected chi connectivity index (χ2v) is 8.06. The van der Waals surface area contributed by atoms with Gasteiger partial charge in [0.05, 0.1) is 18.7 Å². The molecule has 0 radical (unpaired) electrons. The zero-order valence-electron chi connectivity index (χ0n) is 14.3. The normalized spacial score (nSPS) is 16.4. The molecule has 5 N–H and O–H groups in total. The molecular formula is C13H15N7O6S2. The Kier molecular flexibility index (Phi) is 5.19.